The van der Waals surface area contributed by atoms with Crippen molar-refractivity contribution < 1.29 is 9.47 Å². The van der Waals surface area contributed by atoms with Crippen molar-refractivity contribution in [3.63, 3.8) is 0 Å². The lowest BCUT2D eigenvalue weighted by Crippen LogP contribution is -2.19. The van der Waals surface area contributed by atoms with E-state index >= 15 is 0 Å². The average molecular weight is 235 g/mol. The van der Waals surface area contributed by atoms with Crippen molar-refractivity contribution in [3.05, 3.63) is 0 Å². The second kappa shape index (κ2) is 10.7. The Labute approximate surface area is 98.1 Å². The number of hydrogen-bond donors (Lipinski definition) is 1. The molecule has 92 valence electrons. The van der Waals surface area contributed by atoms with E-state index in [1.165, 1.54) is 0 Å². The molecule has 0 aromatic rings. The van der Waals surface area contributed by atoms with Crippen LogP contribution in [0.4, 0.5) is 0 Å². The highest BCUT2D eigenvalue weighted by Crippen LogP contribution is 2.12. The average Bonchev–Trinajstić information content (AvgIpc) is 2.24. The third-order valence-corrected chi connectivity index (χ3v) is 3.34. The van der Waals surface area contributed by atoms with E-state index in [9.17, 15) is 0 Å². The summed E-state index contributed by atoms with van der Waals surface area (Å²) in [4.78, 5) is 0. The van der Waals surface area contributed by atoms with Crippen molar-refractivity contribution in [1.29, 1.82) is 0 Å². The van der Waals surface area contributed by atoms with Crippen LogP contribution in [0.2, 0.25) is 0 Å². The minimum absolute atomic E-state index is 0.0271. The van der Waals surface area contributed by atoms with E-state index < -0.39 is 0 Å². The lowest BCUT2D eigenvalue weighted by Gasteiger charge is -2.16. The second-order valence-electron chi connectivity index (χ2n) is 3.54. The minimum Gasteiger partial charge on any atom is -0.353 e. The molecule has 15 heavy (non-hydrogen) atoms. The lowest BCUT2D eigenvalue weighted by atomic mass is 10.2. The zero-order valence-electron chi connectivity index (χ0n) is 10.2. The first-order chi connectivity index (χ1) is 7.24. The summed E-state index contributed by atoms with van der Waals surface area (Å²) in [6.07, 6.45) is 0.935. The van der Waals surface area contributed by atoms with E-state index in [4.69, 9.17) is 15.2 Å². The molecule has 0 radical (unpaired) electrons. The van der Waals surface area contributed by atoms with Gasteiger partial charge < -0.3 is 15.2 Å². The summed E-state index contributed by atoms with van der Waals surface area (Å²) in [6, 6.07) is 0. The summed E-state index contributed by atoms with van der Waals surface area (Å²) in [6.45, 7) is 8.37. The van der Waals surface area contributed by atoms with Gasteiger partial charge in [0, 0.05) is 19.6 Å². The molecule has 3 nitrogen and oxygen atoms in total. The molecule has 0 aliphatic heterocycles. The van der Waals surface area contributed by atoms with Gasteiger partial charge in [-0.15, -0.1) is 0 Å². The smallest absolute Gasteiger partial charge is 0.158 e. The standard InChI is InChI=1S/C11H25NO2S/c1-4-13-11(14-5-2)6-7-15-9-10(3)8-12/h10-11H,4-9,12H2,1-3H3. The van der Waals surface area contributed by atoms with Gasteiger partial charge in [0.2, 0.25) is 0 Å². The third-order valence-electron chi connectivity index (χ3n) is 2.01. The molecule has 0 aliphatic rings. The lowest BCUT2D eigenvalue weighted by molar-refractivity contribution is -0.136. The van der Waals surface area contributed by atoms with Crippen LogP contribution in [0.3, 0.4) is 0 Å². The molecular weight excluding hydrogens is 210 g/mol. The molecule has 0 bridgehead atoms. The molecular formula is C11H25NO2S. The summed E-state index contributed by atoms with van der Waals surface area (Å²) in [5.74, 6) is 2.81. The number of hydrogen-bond acceptors (Lipinski definition) is 4. The molecule has 0 fully saturated rings. The van der Waals surface area contributed by atoms with Gasteiger partial charge in [-0.2, -0.15) is 11.8 Å². The Hall–Kier alpha value is 0.230. The van der Waals surface area contributed by atoms with Crippen molar-refractivity contribution in [1.82, 2.24) is 0 Å². The predicted molar refractivity (Wildman–Crippen MR) is 67.2 cm³/mol. The van der Waals surface area contributed by atoms with Gasteiger partial charge in [0.05, 0.1) is 0 Å². The minimum atomic E-state index is -0.0271. The quantitative estimate of drug-likeness (QED) is 0.465. The van der Waals surface area contributed by atoms with Crippen molar-refractivity contribution in [3.8, 4) is 0 Å². The van der Waals surface area contributed by atoms with Crippen LogP contribution in [0.1, 0.15) is 27.2 Å². The van der Waals surface area contributed by atoms with Crippen molar-refractivity contribution in [2.24, 2.45) is 11.7 Å². The Kier molecular flexibility index (Phi) is 10.9. The van der Waals surface area contributed by atoms with Crippen LogP contribution in [0.25, 0.3) is 0 Å². The normalized spacial score (nSPS) is 13.4. The number of ether oxygens (including phenoxy) is 2. The molecule has 4 heteroatoms. The van der Waals surface area contributed by atoms with Gasteiger partial charge in [0.15, 0.2) is 6.29 Å². The molecule has 0 rings (SSSR count). The maximum Gasteiger partial charge on any atom is 0.158 e. The summed E-state index contributed by atoms with van der Waals surface area (Å²) in [5, 5.41) is 0. The van der Waals surface area contributed by atoms with Gasteiger partial charge in [0.1, 0.15) is 0 Å². The monoisotopic (exact) mass is 235 g/mol. The van der Waals surface area contributed by atoms with Crippen LogP contribution in [-0.4, -0.2) is 37.6 Å². The van der Waals surface area contributed by atoms with Gasteiger partial charge in [-0.1, -0.05) is 6.92 Å². The van der Waals surface area contributed by atoms with Gasteiger partial charge in [-0.25, -0.2) is 0 Å². The zero-order valence-corrected chi connectivity index (χ0v) is 11.0. The van der Waals surface area contributed by atoms with Crippen molar-refractivity contribution in [2.45, 2.75) is 33.5 Å². The highest BCUT2D eigenvalue weighted by Gasteiger charge is 2.07. The van der Waals surface area contributed by atoms with E-state index in [1.54, 1.807) is 0 Å². The van der Waals surface area contributed by atoms with E-state index in [0.29, 0.717) is 19.1 Å². The first kappa shape index (κ1) is 15.2. The van der Waals surface area contributed by atoms with E-state index in [0.717, 1.165) is 24.5 Å². The largest absolute Gasteiger partial charge is 0.353 e. The molecule has 0 aromatic carbocycles. The molecule has 0 aliphatic carbocycles. The SMILES string of the molecule is CCOC(CCSCC(C)CN)OCC. The maximum atomic E-state index is 5.55. The maximum absolute atomic E-state index is 5.55. The van der Waals surface area contributed by atoms with Crippen molar-refractivity contribution in [2.75, 3.05) is 31.3 Å². The fraction of sp³-hybridized carbons (Fsp3) is 1.00. The Morgan fingerprint density at radius 1 is 1.20 bits per heavy atom. The summed E-state index contributed by atoms with van der Waals surface area (Å²) in [5.41, 5.74) is 5.55. The number of nitrogens with two attached hydrogens (primary N) is 1. The molecule has 0 amide bonds. The Morgan fingerprint density at radius 3 is 2.27 bits per heavy atom. The molecule has 0 saturated heterocycles. The topological polar surface area (TPSA) is 44.5 Å². The summed E-state index contributed by atoms with van der Waals surface area (Å²) >= 11 is 1.93. The first-order valence-electron chi connectivity index (χ1n) is 5.75. The van der Waals surface area contributed by atoms with Crippen LogP contribution >= 0.6 is 11.8 Å². The summed E-state index contributed by atoms with van der Waals surface area (Å²) < 4.78 is 10.9. The third kappa shape index (κ3) is 9.18. The second-order valence-corrected chi connectivity index (χ2v) is 4.69. The first-order valence-corrected chi connectivity index (χ1v) is 6.91. The molecule has 0 heterocycles. The summed E-state index contributed by atoms with van der Waals surface area (Å²) in [7, 11) is 0. The fourth-order valence-electron chi connectivity index (χ4n) is 1.12. The Bertz CT molecular complexity index is 130. The van der Waals surface area contributed by atoms with Crippen LogP contribution in [0.15, 0.2) is 0 Å². The molecule has 0 aromatic heterocycles. The predicted octanol–water partition coefficient (Wildman–Crippen LogP) is 2.10. The van der Waals surface area contributed by atoms with Crippen LogP contribution in [0.5, 0.6) is 0 Å². The Morgan fingerprint density at radius 2 is 1.80 bits per heavy atom. The van der Waals surface area contributed by atoms with Crippen LogP contribution in [-0.2, 0) is 9.47 Å². The van der Waals surface area contributed by atoms with Gasteiger partial charge >= 0.3 is 0 Å². The van der Waals surface area contributed by atoms with E-state index in [-0.39, 0.29) is 6.29 Å². The fourth-order valence-corrected chi connectivity index (χ4v) is 2.18. The van der Waals surface area contributed by atoms with E-state index in [2.05, 4.69) is 6.92 Å². The van der Waals surface area contributed by atoms with Crippen molar-refractivity contribution >= 4 is 11.8 Å². The highest BCUT2D eigenvalue weighted by atomic mass is 32.2. The number of rotatable bonds is 10. The van der Waals surface area contributed by atoms with Crippen LogP contribution in [0, 0.1) is 5.92 Å². The van der Waals surface area contributed by atoms with Crippen LogP contribution < -0.4 is 5.73 Å². The zero-order chi connectivity index (χ0) is 11.5. The Balaban J connectivity index is 3.43. The molecule has 1 atom stereocenters. The highest BCUT2D eigenvalue weighted by molar-refractivity contribution is 7.99. The number of thioether (sulfide) groups is 1. The van der Waals surface area contributed by atoms with Gasteiger partial charge in [-0.05, 0) is 37.8 Å². The molecule has 1 unspecified atom stereocenters. The molecule has 2 N–H and O–H groups in total. The van der Waals surface area contributed by atoms with Gasteiger partial charge in [-0.3, -0.25) is 0 Å². The molecule has 0 saturated carbocycles. The molecule has 0 spiro atoms. The van der Waals surface area contributed by atoms with Gasteiger partial charge in [0.25, 0.3) is 0 Å². The van der Waals surface area contributed by atoms with E-state index in [1.807, 2.05) is 25.6 Å².